The van der Waals surface area contributed by atoms with Crippen LogP contribution in [0.15, 0.2) is 29.6 Å². The average molecular weight is 382 g/mol. The Hall–Kier alpha value is -1.23. The van der Waals surface area contributed by atoms with E-state index in [9.17, 15) is 0 Å². The first-order valence-electron chi connectivity index (χ1n) is 8.69. The number of aryl methyl sites for hydroxylation is 1. The third-order valence-electron chi connectivity index (χ3n) is 5.03. The largest absolute Gasteiger partial charge is 0.497 e. The van der Waals surface area contributed by atoms with Crippen LogP contribution in [-0.2, 0) is 6.42 Å². The standard InChI is InChI=1S/C20H27NO2S.ClH/c1-21-13-16(19-8-5-9-24-19)10-14-6-4-7-15-11-17(22-2)12-18(23-3)20(14)15;/h5,8-9,11-12,14,16,21H,4,6-7,10,13H2,1-3H3;1H. The monoisotopic (exact) mass is 381 g/mol. The molecule has 2 aromatic rings. The summed E-state index contributed by atoms with van der Waals surface area (Å²) < 4.78 is 11.2. The highest BCUT2D eigenvalue weighted by Crippen LogP contribution is 2.45. The molecule has 0 aliphatic heterocycles. The van der Waals surface area contributed by atoms with Crippen molar-refractivity contribution >= 4 is 23.7 Å². The van der Waals surface area contributed by atoms with Gasteiger partial charge in [0.15, 0.2) is 0 Å². The lowest BCUT2D eigenvalue weighted by atomic mass is 9.77. The molecule has 2 unspecified atom stereocenters. The van der Waals surface area contributed by atoms with Gasteiger partial charge in [-0.25, -0.2) is 0 Å². The maximum Gasteiger partial charge on any atom is 0.126 e. The van der Waals surface area contributed by atoms with E-state index in [2.05, 4.69) is 28.9 Å². The van der Waals surface area contributed by atoms with Gasteiger partial charge < -0.3 is 14.8 Å². The summed E-state index contributed by atoms with van der Waals surface area (Å²) in [6.07, 6.45) is 4.76. The van der Waals surface area contributed by atoms with Crippen molar-refractivity contribution in [1.29, 1.82) is 0 Å². The van der Waals surface area contributed by atoms with Gasteiger partial charge in [-0.2, -0.15) is 0 Å². The SMILES string of the molecule is CNCC(CC1CCCc2cc(OC)cc(OC)c21)c1cccs1.Cl. The van der Waals surface area contributed by atoms with E-state index in [1.165, 1.54) is 28.8 Å². The van der Waals surface area contributed by atoms with Crippen molar-refractivity contribution in [3.63, 3.8) is 0 Å². The molecular weight excluding hydrogens is 354 g/mol. The number of rotatable bonds is 7. The number of hydrogen-bond donors (Lipinski definition) is 1. The Morgan fingerprint density at radius 3 is 2.76 bits per heavy atom. The van der Waals surface area contributed by atoms with Gasteiger partial charge in [-0.05, 0) is 61.7 Å². The van der Waals surface area contributed by atoms with E-state index >= 15 is 0 Å². The quantitative estimate of drug-likeness (QED) is 0.732. The first-order valence-corrected chi connectivity index (χ1v) is 9.57. The van der Waals surface area contributed by atoms with Gasteiger partial charge in [-0.15, -0.1) is 23.7 Å². The second-order valence-corrected chi connectivity index (χ2v) is 7.48. The highest BCUT2D eigenvalue weighted by atomic mass is 35.5. The fourth-order valence-electron chi connectivity index (χ4n) is 3.95. The normalized spacial score (nSPS) is 17.3. The van der Waals surface area contributed by atoms with Gasteiger partial charge in [0.2, 0.25) is 0 Å². The van der Waals surface area contributed by atoms with Crippen LogP contribution >= 0.6 is 23.7 Å². The first-order chi connectivity index (χ1) is 11.8. The highest BCUT2D eigenvalue weighted by molar-refractivity contribution is 7.10. The number of likely N-dealkylation sites (N-methyl/N-ethyl adjacent to an activating group) is 1. The Bertz CT molecular complexity index is 643. The summed E-state index contributed by atoms with van der Waals surface area (Å²) in [5.41, 5.74) is 2.80. The van der Waals surface area contributed by atoms with Crippen LogP contribution in [0.3, 0.4) is 0 Å². The van der Waals surface area contributed by atoms with Crippen LogP contribution in [-0.4, -0.2) is 27.8 Å². The lowest BCUT2D eigenvalue weighted by Crippen LogP contribution is -2.21. The Kier molecular flexibility index (Phi) is 7.60. The van der Waals surface area contributed by atoms with Gasteiger partial charge in [0.25, 0.3) is 0 Å². The second kappa shape index (κ2) is 9.46. The van der Waals surface area contributed by atoms with Crippen LogP contribution in [0.25, 0.3) is 0 Å². The van der Waals surface area contributed by atoms with E-state index in [-0.39, 0.29) is 12.4 Å². The molecule has 1 heterocycles. The molecule has 5 heteroatoms. The van der Waals surface area contributed by atoms with E-state index in [4.69, 9.17) is 9.47 Å². The fraction of sp³-hybridized carbons (Fsp3) is 0.500. The zero-order valence-corrected chi connectivity index (χ0v) is 16.8. The Balaban J connectivity index is 0.00000225. The summed E-state index contributed by atoms with van der Waals surface area (Å²) in [5.74, 6) is 2.99. The molecule has 0 saturated heterocycles. The summed E-state index contributed by atoms with van der Waals surface area (Å²) in [4.78, 5) is 1.48. The topological polar surface area (TPSA) is 30.5 Å². The molecule has 3 nitrogen and oxygen atoms in total. The number of ether oxygens (including phenoxy) is 2. The van der Waals surface area contributed by atoms with Crippen LogP contribution in [0.5, 0.6) is 11.5 Å². The predicted molar refractivity (Wildman–Crippen MR) is 108 cm³/mol. The fourth-order valence-corrected chi connectivity index (χ4v) is 4.79. The van der Waals surface area contributed by atoms with Crippen LogP contribution in [0.4, 0.5) is 0 Å². The Morgan fingerprint density at radius 2 is 2.12 bits per heavy atom. The molecule has 1 aromatic carbocycles. The van der Waals surface area contributed by atoms with E-state index in [0.717, 1.165) is 30.9 Å². The molecule has 2 atom stereocenters. The Labute approximate surface area is 161 Å². The molecule has 138 valence electrons. The molecule has 0 bridgehead atoms. The van der Waals surface area contributed by atoms with Crippen molar-refractivity contribution in [2.24, 2.45) is 0 Å². The van der Waals surface area contributed by atoms with Gasteiger partial charge in [0, 0.05) is 29.0 Å². The minimum atomic E-state index is 0. The maximum atomic E-state index is 5.72. The van der Waals surface area contributed by atoms with E-state index < -0.39 is 0 Å². The molecule has 1 aliphatic carbocycles. The molecule has 0 radical (unpaired) electrons. The number of nitrogens with one attached hydrogen (secondary N) is 1. The number of hydrogen-bond acceptors (Lipinski definition) is 4. The summed E-state index contributed by atoms with van der Waals surface area (Å²) in [5, 5.41) is 5.55. The minimum Gasteiger partial charge on any atom is -0.497 e. The molecule has 0 saturated carbocycles. The van der Waals surface area contributed by atoms with Crippen LogP contribution < -0.4 is 14.8 Å². The summed E-state index contributed by atoms with van der Waals surface area (Å²) in [7, 11) is 5.53. The average Bonchev–Trinajstić information content (AvgIpc) is 3.15. The molecule has 3 rings (SSSR count). The van der Waals surface area contributed by atoms with Crippen molar-refractivity contribution in [2.45, 2.75) is 37.5 Å². The Morgan fingerprint density at radius 1 is 1.28 bits per heavy atom. The van der Waals surface area contributed by atoms with Crippen molar-refractivity contribution in [1.82, 2.24) is 5.32 Å². The summed E-state index contributed by atoms with van der Waals surface area (Å²) in [6, 6.07) is 8.65. The van der Waals surface area contributed by atoms with E-state index in [0.29, 0.717) is 11.8 Å². The number of benzene rings is 1. The van der Waals surface area contributed by atoms with Crippen molar-refractivity contribution in [3.8, 4) is 11.5 Å². The van der Waals surface area contributed by atoms with Crippen molar-refractivity contribution < 1.29 is 9.47 Å². The molecule has 0 spiro atoms. The molecule has 1 aromatic heterocycles. The van der Waals surface area contributed by atoms with Gasteiger partial charge >= 0.3 is 0 Å². The number of halogens is 1. The predicted octanol–water partition coefficient (Wildman–Crippen LogP) is 5.00. The number of thiophene rings is 1. The molecule has 1 N–H and O–H groups in total. The summed E-state index contributed by atoms with van der Waals surface area (Å²) in [6.45, 7) is 1.02. The zero-order valence-electron chi connectivity index (χ0n) is 15.2. The minimum absolute atomic E-state index is 0. The van der Waals surface area contributed by atoms with Gasteiger partial charge in [-0.1, -0.05) is 6.07 Å². The number of fused-ring (bicyclic) bond motifs is 1. The van der Waals surface area contributed by atoms with E-state index in [1.54, 1.807) is 14.2 Å². The first kappa shape index (κ1) is 20.1. The zero-order chi connectivity index (χ0) is 16.9. The lowest BCUT2D eigenvalue weighted by molar-refractivity contribution is 0.375. The van der Waals surface area contributed by atoms with Crippen LogP contribution in [0.2, 0.25) is 0 Å². The molecular formula is C20H28ClNO2S. The van der Waals surface area contributed by atoms with Gasteiger partial charge in [-0.3, -0.25) is 0 Å². The second-order valence-electron chi connectivity index (χ2n) is 6.50. The molecule has 0 fully saturated rings. The third kappa shape index (κ3) is 4.49. The summed E-state index contributed by atoms with van der Waals surface area (Å²) >= 11 is 1.87. The van der Waals surface area contributed by atoms with Crippen LogP contribution in [0.1, 0.15) is 47.1 Å². The smallest absolute Gasteiger partial charge is 0.126 e. The van der Waals surface area contributed by atoms with E-state index in [1.807, 2.05) is 24.5 Å². The highest BCUT2D eigenvalue weighted by Gasteiger charge is 2.28. The molecule has 25 heavy (non-hydrogen) atoms. The third-order valence-corrected chi connectivity index (χ3v) is 6.06. The lowest BCUT2D eigenvalue weighted by Gasteiger charge is -2.30. The number of methoxy groups -OCH3 is 2. The maximum absolute atomic E-state index is 5.72. The van der Waals surface area contributed by atoms with Crippen molar-refractivity contribution in [3.05, 3.63) is 45.6 Å². The molecule has 0 amide bonds. The van der Waals surface area contributed by atoms with Crippen LogP contribution in [0, 0.1) is 0 Å². The van der Waals surface area contributed by atoms with Gasteiger partial charge in [0.1, 0.15) is 11.5 Å². The van der Waals surface area contributed by atoms with Gasteiger partial charge in [0.05, 0.1) is 14.2 Å². The molecule has 1 aliphatic rings. The van der Waals surface area contributed by atoms with Crippen molar-refractivity contribution in [2.75, 3.05) is 27.8 Å².